The average Bonchev–Trinajstić information content (AvgIpc) is 3.57. The Morgan fingerprint density at radius 1 is 1.30 bits per heavy atom. The molecule has 196 valence electrons. The number of carbonyl (C=O) groups is 1. The number of halogens is 2. The van der Waals surface area contributed by atoms with Gasteiger partial charge in [-0.3, -0.25) is 5.10 Å². The van der Waals surface area contributed by atoms with Gasteiger partial charge < -0.3 is 19.1 Å². The molecular weight excluding hydrogens is 480 g/mol. The van der Waals surface area contributed by atoms with Gasteiger partial charge in [-0.1, -0.05) is 13.8 Å². The molecule has 1 unspecified atom stereocenters. The topological polar surface area (TPSA) is 89.4 Å². The zero-order chi connectivity index (χ0) is 26.7. The van der Waals surface area contributed by atoms with Gasteiger partial charge in [0.25, 0.3) is 0 Å². The van der Waals surface area contributed by atoms with Crippen LogP contribution in [0.1, 0.15) is 55.8 Å². The summed E-state index contributed by atoms with van der Waals surface area (Å²) in [5, 5.41) is 17.8. The maximum Gasteiger partial charge on any atom is 0.335 e. The van der Waals surface area contributed by atoms with Crippen LogP contribution in [0.25, 0.3) is 27.5 Å². The highest BCUT2D eigenvalue weighted by molar-refractivity contribution is 6.00. The molecule has 0 amide bonds. The molecule has 2 atom stereocenters. The number of ether oxygens (including phenoxy) is 2. The summed E-state index contributed by atoms with van der Waals surface area (Å²) in [4.78, 5) is 12.2. The summed E-state index contributed by atoms with van der Waals surface area (Å²) in [7, 11) is 3.02. The molecule has 1 saturated carbocycles. The van der Waals surface area contributed by atoms with E-state index in [0.29, 0.717) is 47.0 Å². The van der Waals surface area contributed by atoms with Crippen molar-refractivity contribution in [2.24, 2.45) is 0 Å². The van der Waals surface area contributed by atoms with Gasteiger partial charge in [-0.05, 0) is 67.5 Å². The third-order valence-corrected chi connectivity index (χ3v) is 7.85. The maximum absolute atomic E-state index is 16.3. The minimum absolute atomic E-state index is 0.205. The second kappa shape index (κ2) is 8.92. The number of carboxylic acid groups (broad SMARTS) is 1. The van der Waals surface area contributed by atoms with Crippen molar-refractivity contribution in [1.82, 2.24) is 14.8 Å². The van der Waals surface area contributed by atoms with Crippen molar-refractivity contribution in [2.75, 3.05) is 20.8 Å². The summed E-state index contributed by atoms with van der Waals surface area (Å²) >= 11 is 0. The molecule has 4 aromatic rings. The number of aryl methyl sites for hydroxylation is 1. The lowest BCUT2D eigenvalue weighted by molar-refractivity contribution is -0.161. The Bertz CT molecular complexity index is 1520. The summed E-state index contributed by atoms with van der Waals surface area (Å²) in [6.07, 6.45) is 2.60. The molecule has 5 rings (SSSR count). The van der Waals surface area contributed by atoms with Crippen LogP contribution in [0.15, 0.2) is 30.5 Å². The Labute approximate surface area is 213 Å². The van der Waals surface area contributed by atoms with Crippen LogP contribution >= 0.6 is 0 Å². The fraction of sp³-hybridized carbons (Fsp3) is 0.429. The van der Waals surface area contributed by atoms with Crippen LogP contribution < -0.4 is 0 Å². The van der Waals surface area contributed by atoms with Crippen molar-refractivity contribution < 1.29 is 28.2 Å². The molecule has 0 aliphatic heterocycles. The first kappa shape index (κ1) is 25.4. The van der Waals surface area contributed by atoms with Crippen LogP contribution in [0.2, 0.25) is 0 Å². The van der Waals surface area contributed by atoms with Gasteiger partial charge in [0, 0.05) is 41.8 Å². The monoisotopic (exact) mass is 511 g/mol. The van der Waals surface area contributed by atoms with E-state index in [1.807, 2.05) is 24.5 Å². The van der Waals surface area contributed by atoms with E-state index in [-0.39, 0.29) is 23.7 Å². The zero-order valence-electron chi connectivity index (χ0n) is 21.6. The van der Waals surface area contributed by atoms with Gasteiger partial charge in [0.2, 0.25) is 0 Å². The average molecular weight is 512 g/mol. The number of nitrogens with zero attached hydrogens (tertiary/aromatic N) is 2. The van der Waals surface area contributed by atoms with E-state index in [1.165, 1.54) is 13.2 Å². The minimum atomic E-state index is -1.34. The highest BCUT2D eigenvalue weighted by Gasteiger charge is 2.49. The van der Waals surface area contributed by atoms with E-state index in [1.54, 1.807) is 32.4 Å². The van der Waals surface area contributed by atoms with Crippen molar-refractivity contribution in [3.63, 3.8) is 0 Å². The largest absolute Gasteiger partial charge is 0.479 e. The Morgan fingerprint density at radius 3 is 2.68 bits per heavy atom. The molecule has 0 spiro atoms. The van der Waals surface area contributed by atoms with Crippen LogP contribution in [-0.4, -0.2) is 52.3 Å². The lowest BCUT2D eigenvalue weighted by atomic mass is 9.81. The lowest BCUT2D eigenvalue weighted by Crippen LogP contribution is -2.38. The molecule has 2 heterocycles. The molecule has 1 fully saturated rings. The second-order valence-corrected chi connectivity index (χ2v) is 10.7. The number of fused-ring (bicyclic) bond motifs is 2. The summed E-state index contributed by atoms with van der Waals surface area (Å²) in [6.45, 7) is 6.06. The predicted molar refractivity (Wildman–Crippen MR) is 136 cm³/mol. The van der Waals surface area contributed by atoms with Gasteiger partial charge in [-0.15, -0.1) is 0 Å². The van der Waals surface area contributed by atoms with Crippen LogP contribution in [0.3, 0.4) is 0 Å². The summed E-state index contributed by atoms with van der Waals surface area (Å²) in [6, 6.07) is 6.71. The first-order chi connectivity index (χ1) is 17.5. The van der Waals surface area contributed by atoms with E-state index in [2.05, 4.69) is 10.2 Å². The Morgan fingerprint density at radius 2 is 2.05 bits per heavy atom. The smallest absolute Gasteiger partial charge is 0.335 e. The quantitative estimate of drug-likeness (QED) is 0.330. The molecule has 9 heteroatoms. The van der Waals surface area contributed by atoms with Gasteiger partial charge in [-0.25, -0.2) is 13.6 Å². The van der Waals surface area contributed by atoms with Crippen molar-refractivity contribution in [2.45, 2.75) is 57.0 Å². The number of aliphatic carboxylic acids is 1. The molecule has 1 aliphatic rings. The lowest BCUT2D eigenvalue weighted by Gasteiger charge is -2.30. The first-order valence-corrected chi connectivity index (χ1v) is 12.3. The zero-order valence-corrected chi connectivity index (χ0v) is 21.6. The molecule has 37 heavy (non-hydrogen) atoms. The Kier molecular flexibility index (Phi) is 6.11. The highest BCUT2D eigenvalue weighted by Crippen LogP contribution is 2.51. The molecule has 2 aromatic heterocycles. The van der Waals surface area contributed by atoms with Gasteiger partial charge in [0.15, 0.2) is 11.4 Å². The summed E-state index contributed by atoms with van der Waals surface area (Å²) in [5.41, 5.74) is 1.62. The minimum Gasteiger partial charge on any atom is -0.479 e. The number of nitrogens with one attached hydrogen (secondary N) is 1. The van der Waals surface area contributed by atoms with Gasteiger partial charge >= 0.3 is 5.97 Å². The standard InChI is InChI=1S/C28H31F2N3O4/c1-15-10-18(6-7-19(15)29)33-20-11-17-13-31-32-24(17)23(30)22(20)21(25(33)27(2,3)14-36-4)16-8-9-28(12-16,37-5)26(34)35/h6-7,10-11,13,16H,8-9,12,14H2,1-5H3,(H,31,32)(H,34,35)/t16?,28-/m0/s1. The molecule has 0 bridgehead atoms. The van der Waals surface area contributed by atoms with E-state index >= 15 is 4.39 Å². The Balaban J connectivity index is 1.92. The van der Waals surface area contributed by atoms with Gasteiger partial charge in [0.1, 0.15) is 11.3 Å². The second-order valence-electron chi connectivity index (χ2n) is 10.7. The van der Waals surface area contributed by atoms with Crippen LogP contribution in [0, 0.1) is 18.6 Å². The third kappa shape index (κ3) is 3.83. The number of benzene rings is 2. The number of carboxylic acids is 1. The SMILES string of the molecule is COCC(C)(C)c1c(C2CC[C@@](OC)(C(=O)O)C2)c2c(F)c3[nH]ncc3cc2n1-c1ccc(F)c(C)c1. The van der Waals surface area contributed by atoms with Crippen LogP contribution in [0.4, 0.5) is 8.78 Å². The number of rotatable bonds is 7. The van der Waals surface area contributed by atoms with Crippen molar-refractivity contribution in [3.05, 3.63) is 58.9 Å². The van der Waals surface area contributed by atoms with Crippen molar-refractivity contribution in [1.29, 1.82) is 0 Å². The molecule has 0 saturated heterocycles. The molecule has 2 N–H and O–H groups in total. The highest BCUT2D eigenvalue weighted by atomic mass is 19.1. The third-order valence-electron chi connectivity index (χ3n) is 7.85. The van der Waals surface area contributed by atoms with Gasteiger partial charge in [0.05, 0.1) is 18.3 Å². The van der Waals surface area contributed by atoms with E-state index in [4.69, 9.17) is 9.47 Å². The fourth-order valence-electron chi connectivity index (χ4n) is 6.08. The fourth-order valence-corrected chi connectivity index (χ4v) is 6.08. The van der Waals surface area contributed by atoms with Crippen LogP contribution in [-0.2, 0) is 19.7 Å². The number of hydrogen-bond donors (Lipinski definition) is 2. The Hall–Kier alpha value is -3.30. The summed E-state index contributed by atoms with van der Waals surface area (Å²) < 4.78 is 43.7. The number of methoxy groups -OCH3 is 2. The molecule has 7 nitrogen and oxygen atoms in total. The molecule has 2 aromatic carbocycles. The predicted octanol–water partition coefficient (Wildman–Crippen LogP) is 5.75. The normalized spacial score (nSPS) is 20.4. The summed E-state index contributed by atoms with van der Waals surface area (Å²) in [5.74, 6) is -2.09. The van der Waals surface area contributed by atoms with Gasteiger partial charge in [-0.2, -0.15) is 5.10 Å². The van der Waals surface area contributed by atoms with Crippen molar-refractivity contribution in [3.8, 4) is 5.69 Å². The number of H-pyrrole nitrogens is 1. The van der Waals surface area contributed by atoms with Crippen LogP contribution in [0.5, 0.6) is 0 Å². The van der Waals surface area contributed by atoms with Crippen molar-refractivity contribution >= 4 is 27.8 Å². The number of aromatic amines is 1. The van der Waals surface area contributed by atoms with E-state index < -0.39 is 22.8 Å². The molecular formula is C28H31F2N3O4. The number of aromatic nitrogens is 3. The first-order valence-electron chi connectivity index (χ1n) is 12.3. The molecule has 0 radical (unpaired) electrons. The van der Waals surface area contributed by atoms with E-state index in [9.17, 15) is 14.3 Å². The number of hydrogen-bond acceptors (Lipinski definition) is 4. The van der Waals surface area contributed by atoms with E-state index in [0.717, 1.165) is 11.3 Å². The molecule has 1 aliphatic carbocycles. The maximum atomic E-state index is 16.3.